The molecule has 0 fully saturated rings. The van der Waals surface area contributed by atoms with Crippen LogP contribution in [0.5, 0.6) is 0 Å². The number of hydrogen-bond donors (Lipinski definition) is 1. The molecule has 0 aliphatic rings. The van der Waals surface area contributed by atoms with Gasteiger partial charge in [0.15, 0.2) is 0 Å². The van der Waals surface area contributed by atoms with Crippen LogP contribution in [0.25, 0.3) is 0 Å². The van der Waals surface area contributed by atoms with Crippen LogP contribution in [-0.4, -0.2) is 17.8 Å². The first-order valence-electron chi connectivity index (χ1n) is 8.40. The molecule has 0 bridgehead atoms. The maximum absolute atomic E-state index is 10.7. The summed E-state index contributed by atoms with van der Waals surface area (Å²) in [6.07, 6.45) is 15.5. The van der Waals surface area contributed by atoms with Crippen molar-refractivity contribution < 1.29 is 25.1 Å². The van der Waals surface area contributed by atoms with Crippen molar-refractivity contribution in [1.82, 2.24) is 0 Å². The summed E-state index contributed by atoms with van der Waals surface area (Å²) in [5.74, 6) is -0.532. The molecule has 0 aromatic carbocycles. The van der Waals surface area contributed by atoms with Gasteiger partial charge in [0.25, 0.3) is 0 Å². The van der Waals surface area contributed by atoms with Gasteiger partial charge in [-0.25, -0.2) is 9.68 Å². The van der Waals surface area contributed by atoms with Crippen molar-refractivity contribution in [3.8, 4) is 0 Å². The van der Waals surface area contributed by atoms with Crippen LogP contribution in [0.1, 0.15) is 89.9 Å². The van der Waals surface area contributed by atoms with Gasteiger partial charge in [-0.15, -0.1) is 0 Å². The molecule has 0 saturated heterocycles. The molecule has 0 spiro atoms. The maximum Gasteiger partial charge on any atom is 0.342 e. The van der Waals surface area contributed by atoms with E-state index in [2.05, 4.69) is 9.78 Å². The maximum atomic E-state index is 10.7. The molecule has 1 radical (unpaired) electrons. The van der Waals surface area contributed by atoms with Gasteiger partial charge in [-0.1, -0.05) is 70.6 Å². The van der Waals surface area contributed by atoms with Crippen LogP contribution >= 0.6 is 0 Å². The number of carbonyl (C=O) groups excluding carboxylic acids is 1. The second-order valence-electron chi connectivity index (χ2n) is 5.63. The highest BCUT2D eigenvalue weighted by Gasteiger charge is 2.00. The molecule has 0 atom stereocenters. The summed E-state index contributed by atoms with van der Waals surface area (Å²) in [5, 5.41) is 17.8. The lowest BCUT2D eigenvalue weighted by atomic mass is 10.0. The van der Waals surface area contributed by atoms with E-state index in [1.807, 2.05) is 0 Å². The highest BCUT2D eigenvalue weighted by atomic mass is 17.1. The van der Waals surface area contributed by atoms with E-state index in [0.29, 0.717) is 13.0 Å². The topological polar surface area (TPSA) is 75.7 Å². The summed E-state index contributed by atoms with van der Waals surface area (Å²) in [7, 11) is 0. The lowest BCUT2D eigenvalue weighted by Crippen LogP contribution is -1.99. The molecule has 0 heterocycles. The number of rotatable bonds is 16. The van der Waals surface area contributed by atoms with Gasteiger partial charge in [0.1, 0.15) is 0 Å². The smallest absolute Gasteiger partial charge is 0.301 e. The summed E-state index contributed by atoms with van der Waals surface area (Å²) in [5.41, 5.74) is 0. The van der Waals surface area contributed by atoms with Crippen molar-refractivity contribution in [2.75, 3.05) is 6.61 Å². The summed E-state index contributed by atoms with van der Waals surface area (Å²) in [6, 6.07) is 0. The zero-order chi connectivity index (χ0) is 15.6. The summed E-state index contributed by atoms with van der Waals surface area (Å²) < 4.78 is 0. The third-order valence-corrected chi connectivity index (χ3v) is 3.71. The van der Waals surface area contributed by atoms with Crippen LogP contribution in [0.2, 0.25) is 0 Å². The molecule has 0 unspecified atom stereocenters. The van der Waals surface area contributed by atoms with Gasteiger partial charge in [-0.3, -0.25) is 0 Å². The van der Waals surface area contributed by atoms with Crippen molar-refractivity contribution in [2.24, 2.45) is 0 Å². The molecule has 0 aromatic rings. The molecular formula is C16H31O5. The van der Waals surface area contributed by atoms with E-state index in [9.17, 15) is 10.1 Å². The van der Waals surface area contributed by atoms with E-state index >= 15 is 0 Å². The van der Waals surface area contributed by atoms with E-state index in [0.717, 1.165) is 32.1 Å². The second kappa shape index (κ2) is 17.4. The fourth-order valence-corrected chi connectivity index (χ4v) is 2.42. The lowest BCUT2D eigenvalue weighted by molar-refractivity contribution is -0.303. The second-order valence-corrected chi connectivity index (χ2v) is 5.63. The van der Waals surface area contributed by atoms with E-state index in [1.165, 1.54) is 51.4 Å². The highest BCUT2D eigenvalue weighted by Crippen LogP contribution is 2.13. The van der Waals surface area contributed by atoms with Crippen molar-refractivity contribution in [3.05, 3.63) is 0 Å². The standard InChI is InChI=1S/C16H31O5/c17-16(21-19)14-12-10-8-6-4-2-1-3-5-7-9-11-13-15-20-18/h19H,1-15H2. The first kappa shape index (κ1) is 20.3. The van der Waals surface area contributed by atoms with Crippen molar-refractivity contribution >= 4 is 5.97 Å². The van der Waals surface area contributed by atoms with Crippen LogP contribution in [0.4, 0.5) is 0 Å². The largest absolute Gasteiger partial charge is 0.342 e. The molecule has 5 nitrogen and oxygen atoms in total. The molecule has 0 saturated carbocycles. The quantitative estimate of drug-likeness (QED) is 0.252. The van der Waals surface area contributed by atoms with Crippen LogP contribution in [-0.2, 0) is 19.8 Å². The van der Waals surface area contributed by atoms with Crippen LogP contribution in [0, 0.1) is 0 Å². The molecule has 0 aromatic heterocycles. The average Bonchev–Trinajstić information content (AvgIpc) is 2.50. The molecule has 5 heteroatoms. The number of carbonyl (C=O) groups is 1. The third-order valence-electron chi connectivity index (χ3n) is 3.71. The Morgan fingerprint density at radius 2 is 1.05 bits per heavy atom. The summed E-state index contributed by atoms with van der Waals surface area (Å²) in [4.78, 5) is 18.0. The molecule has 0 rings (SSSR count). The Bertz CT molecular complexity index is 221. The molecule has 0 aliphatic heterocycles. The minimum absolute atomic E-state index is 0.317. The van der Waals surface area contributed by atoms with Gasteiger partial charge in [0.05, 0.1) is 6.61 Å². The fourth-order valence-electron chi connectivity index (χ4n) is 2.42. The summed E-state index contributed by atoms with van der Waals surface area (Å²) in [6.45, 7) is 0.348. The lowest BCUT2D eigenvalue weighted by Gasteiger charge is -2.03. The first-order valence-corrected chi connectivity index (χ1v) is 8.40. The summed E-state index contributed by atoms with van der Waals surface area (Å²) >= 11 is 0. The van der Waals surface area contributed by atoms with Gasteiger partial charge >= 0.3 is 5.97 Å². The molecule has 125 valence electrons. The normalized spacial score (nSPS) is 10.8. The Labute approximate surface area is 128 Å². The minimum atomic E-state index is -0.532. The van der Waals surface area contributed by atoms with E-state index in [1.54, 1.807) is 0 Å². The Balaban J connectivity index is 2.98. The number of hydrogen-bond acceptors (Lipinski definition) is 4. The highest BCUT2D eigenvalue weighted by molar-refractivity contribution is 5.68. The first-order chi connectivity index (χ1) is 10.3. The zero-order valence-corrected chi connectivity index (χ0v) is 13.2. The molecular weight excluding hydrogens is 272 g/mol. The monoisotopic (exact) mass is 303 g/mol. The van der Waals surface area contributed by atoms with Crippen LogP contribution < -0.4 is 0 Å². The molecule has 21 heavy (non-hydrogen) atoms. The number of unbranched alkanes of at least 4 members (excludes halogenated alkanes) is 12. The SMILES string of the molecule is [O]OCCCCCCCCCCCCCCCC(=O)OO. The predicted octanol–water partition coefficient (Wildman–Crippen LogP) is 4.83. The minimum Gasteiger partial charge on any atom is -0.301 e. The van der Waals surface area contributed by atoms with Gasteiger partial charge in [0, 0.05) is 6.42 Å². The van der Waals surface area contributed by atoms with Gasteiger partial charge in [-0.2, -0.15) is 5.26 Å². The Morgan fingerprint density at radius 3 is 1.43 bits per heavy atom. The Hall–Kier alpha value is -0.650. The fraction of sp³-hybridized carbons (Fsp3) is 0.938. The Kier molecular flexibility index (Phi) is 16.9. The van der Waals surface area contributed by atoms with Crippen molar-refractivity contribution in [2.45, 2.75) is 89.9 Å². The molecule has 0 amide bonds. The van der Waals surface area contributed by atoms with E-state index in [-0.39, 0.29) is 0 Å². The third kappa shape index (κ3) is 17.3. The van der Waals surface area contributed by atoms with Crippen molar-refractivity contribution in [3.63, 3.8) is 0 Å². The van der Waals surface area contributed by atoms with Gasteiger partial charge in [-0.05, 0) is 18.1 Å². The average molecular weight is 303 g/mol. The van der Waals surface area contributed by atoms with Crippen LogP contribution in [0.3, 0.4) is 0 Å². The van der Waals surface area contributed by atoms with Gasteiger partial charge in [0.2, 0.25) is 0 Å². The van der Waals surface area contributed by atoms with Gasteiger partial charge < -0.3 is 4.89 Å². The predicted molar refractivity (Wildman–Crippen MR) is 80.0 cm³/mol. The Morgan fingerprint density at radius 1 is 0.667 bits per heavy atom. The van der Waals surface area contributed by atoms with E-state index in [4.69, 9.17) is 5.26 Å². The molecule has 0 aliphatic carbocycles. The molecule has 1 N–H and O–H groups in total. The van der Waals surface area contributed by atoms with Crippen molar-refractivity contribution in [1.29, 1.82) is 0 Å². The van der Waals surface area contributed by atoms with Crippen LogP contribution in [0.15, 0.2) is 0 Å². The van der Waals surface area contributed by atoms with E-state index < -0.39 is 5.97 Å². The zero-order valence-electron chi connectivity index (χ0n) is 13.2.